The molecule has 0 amide bonds. The number of fused-ring (bicyclic) bond motifs is 4. The molecule has 58 heavy (non-hydrogen) atoms. The Morgan fingerprint density at radius 3 is 0.603 bits per heavy atom. The second kappa shape index (κ2) is 16.9. The molecule has 0 N–H and O–H groups in total. The fraction of sp³-hybridized carbons (Fsp3) is 0.455. The highest BCUT2D eigenvalue weighted by atomic mass is 32.2. The summed E-state index contributed by atoms with van der Waals surface area (Å²) in [5.41, 5.74) is 9.57. The van der Waals surface area contributed by atoms with Gasteiger partial charge in [-0.1, -0.05) is 47.0 Å². The number of hydrogen-bond donors (Lipinski definition) is 0. The van der Waals surface area contributed by atoms with Crippen LogP contribution in [-0.4, -0.2) is 106 Å². The summed E-state index contributed by atoms with van der Waals surface area (Å²) in [6.45, 7) is 7.48. The lowest BCUT2D eigenvalue weighted by Crippen LogP contribution is -2.20. The van der Waals surface area contributed by atoms with Crippen LogP contribution in [0, 0.1) is 0 Å². The van der Waals surface area contributed by atoms with Crippen molar-refractivity contribution in [3.05, 3.63) is 68.8 Å². The van der Waals surface area contributed by atoms with Crippen LogP contribution in [0.5, 0.6) is 23.0 Å². The predicted octanol–water partition coefficient (Wildman–Crippen LogP) is 7.86. The van der Waals surface area contributed by atoms with Crippen molar-refractivity contribution in [3.63, 3.8) is 0 Å². The number of benzene rings is 4. The molecule has 10 nitrogen and oxygen atoms in total. The molecule has 4 aromatic carbocycles. The van der Waals surface area contributed by atoms with E-state index in [0.29, 0.717) is 131 Å². The Bertz CT molecular complexity index is 1850. The van der Waals surface area contributed by atoms with Crippen molar-refractivity contribution in [2.24, 2.45) is 0 Å². The maximum Gasteiger partial charge on any atom is 0.128 e. The molecule has 6 aliphatic heterocycles. The minimum Gasteiger partial charge on any atom is -0.491 e. The van der Waals surface area contributed by atoms with Gasteiger partial charge in [0.15, 0.2) is 0 Å². The largest absolute Gasteiger partial charge is 0.491 e. The Labute approximate surface area is 354 Å². The van der Waals surface area contributed by atoms with Crippen molar-refractivity contribution in [2.75, 3.05) is 106 Å². The average Bonchev–Trinajstić information content (AvgIpc) is 3.22. The van der Waals surface area contributed by atoms with Crippen LogP contribution in [0.2, 0.25) is 0 Å². The van der Waals surface area contributed by atoms with Gasteiger partial charge >= 0.3 is 0 Å². The highest BCUT2D eigenvalue weighted by Crippen LogP contribution is 2.60. The summed E-state index contributed by atoms with van der Waals surface area (Å²) in [7, 11) is 0. The Balaban J connectivity index is 1.14. The minimum atomic E-state index is 0.427. The average molecular weight is 861 g/mol. The zero-order valence-corrected chi connectivity index (χ0v) is 35.4. The van der Waals surface area contributed by atoms with Gasteiger partial charge in [-0.15, -0.1) is 0 Å². The number of hydrogen-bond acceptors (Lipinski definition) is 14. The molecule has 0 spiro atoms. The molecule has 0 fully saturated rings. The molecule has 8 bridgehead atoms. The summed E-state index contributed by atoms with van der Waals surface area (Å²) < 4.78 is 63.3. The van der Waals surface area contributed by atoms with Gasteiger partial charge in [-0.05, 0) is 24.3 Å². The topological polar surface area (TPSA) is 92.3 Å². The third-order valence-corrected chi connectivity index (χ3v) is 16.0. The van der Waals surface area contributed by atoms with Crippen LogP contribution >= 0.6 is 47.0 Å². The van der Waals surface area contributed by atoms with Crippen LogP contribution in [0.3, 0.4) is 0 Å². The van der Waals surface area contributed by atoms with Gasteiger partial charge in [0.1, 0.15) is 49.4 Å². The van der Waals surface area contributed by atoms with E-state index in [-0.39, 0.29) is 0 Å². The van der Waals surface area contributed by atoms with Gasteiger partial charge < -0.3 is 47.4 Å². The predicted molar refractivity (Wildman–Crippen MR) is 220 cm³/mol. The Kier molecular flexibility index (Phi) is 11.2. The van der Waals surface area contributed by atoms with Gasteiger partial charge in [0.05, 0.1) is 79.3 Å². The Hall–Kier alpha value is -2.76. The molecule has 0 aromatic heterocycles. The first kappa shape index (κ1) is 38.2. The molecule has 6 aliphatic rings. The van der Waals surface area contributed by atoms with E-state index in [4.69, 9.17) is 47.4 Å². The summed E-state index contributed by atoms with van der Waals surface area (Å²) >= 11 is 7.31. The van der Waals surface area contributed by atoms with Crippen molar-refractivity contribution < 1.29 is 47.4 Å². The fourth-order valence-corrected chi connectivity index (χ4v) is 13.6. The van der Waals surface area contributed by atoms with E-state index >= 15 is 0 Å². The van der Waals surface area contributed by atoms with Gasteiger partial charge in [-0.2, -0.15) is 0 Å². The van der Waals surface area contributed by atoms with E-state index < -0.39 is 0 Å². The lowest BCUT2D eigenvalue weighted by molar-refractivity contribution is 0.00456. The molecule has 4 aromatic rings. The zero-order valence-electron chi connectivity index (χ0n) is 32.2. The van der Waals surface area contributed by atoms with Crippen molar-refractivity contribution in [3.8, 4) is 23.0 Å². The van der Waals surface area contributed by atoms with Crippen LogP contribution in [0.15, 0.2) is 63.4 Å². The van der Waals surface area contributed by atoms with E-state index in [2.05, 4.69) is 24.3 Å². The van der Waals surface area contributed by atoms with Crippen molar-refractivity contribution in [2.45, 2.75) is 64.8 Å². The number of ether oxygens (including phenoxy) is 10. The van der Waals surface area contributed by atoms with Gasteiger partial charge in [0.25, 0.3) is 0 Å². The van der Waals surface area contributed by atoms with Crippen LogP contribution < -0.4 is 18.9 Å². The Morgan fingerprint density at radius 2 is 0.414 bits per heavy atom. The molecule has 304 valence electrons. The quantitative estimate of drug-likeness (QED) is 0.148. The highest BCUT2D eigenvalue weighted by Gasteiger charge is 2.38. The molecule has 0 aliphatic carbocycles. The van der Waals surface area contributed by atoms with Gasteiger partial charge in [-0.25, -0.2) is 0 Å². The van der Waals surface area contributed by atoms with Crippen molar-refractivity contribution in [1.29, 1.82) is 0 Å². The smallest absolute Gasteiger partial charge is 0.128 e. The minimum absolute atomic E-state index is 0.427. The fourth-order valence-electron chi connectivity index (χ4n) is 8.64. The molecular weight excluding hydrogens is 817 g/mol. The van der Waals surface area contributed by atoms with Crippen molar-refractivity contribution >= 4 is 47.0 Å². The first-order valence-corrected chi connectivity index (χ1v) is 23.5. The number of rotatable bonds is 0. The summed E-state index contributed by atoms with van der Waals surface area (Å²) in [4.78, 5) is 9.81. The second-order valence-electron chi connectivity index (χ2n) is 14.8. The van der Waals surface area contributed by atoms with Gasteiger partial charge in [-0.3, -0.25) is 0 Å². The first-order chi connectivity index (χ1) is 28.8. The maximum atomic E-state index is 6.92. The van der Waals surface area contributed by atoms with E-state index in [9.17, 15) is 0 Å². The normalized spacial score (nSPS) is 20.3. The van der Waals surface area contributed by atoms with E-state index in [0.717, 1.165) is 23.0 Å². The van der Waals surface area contributed by atoms with E-state index in [1.165, 1.54) is 83.7 Å². The molecule has 0 atom stereocenters. The monoisotopic (exact) mass is 860 g/mol. The lowest BCUT2D eigenvalue weighted by atomic mass is 9.90. The standard InChI is InChI=1S/C44H44O10S4/c1-5-47-9-13-51-41-25-17-27-35-22-39-31-19-29-37(57-39)24-38-30(42(29)52-14-10-48-6-2-45-1)20-32-40(58-38)23-36-28(18-26(41)34(56-36)21-33(25)55-35)44(32)54-16-12-50-8-4-46-3-7-49-11-15-53-43(27)31/h21-24H,1-20H2. The van der Waals surface area contributed by atoms with E-state index in [1.54, 1.807) is 0 Å². The molecular formula is C44H44O10S4. The van der Waals surface area contributed by atoms with Crippen molar-refractivity contribution in [1.82, 2.24) is 0 Å². The third kappa shape index (κ3) is 7.28. The van der Waals surface area contributed by atoms with Gasteiger partial charge in [0.2, 0.25) is 0 Å². The van der Waals surface area contributed by atoms with Crippen LogP contribution in [-0.2, 0) is 54.1 Å². The molecule has 0 radical (unpaired) electrons. The summed E-state index contributed by atoms with van der Waals surface area (Å²) in [5, 5.41) is 0. The first-order valence-electron chi connectivity index (χ1n) is 20.2. The summed E-state index contributed by atoms with van der Waals surface area (Å²) in [6.07, 6.45) is 2.75. The zero-order chi connectivity index (χ0) is 38.4. The van der Waals surface area contributed by atoms with Crippen LogP contribution in [0.25, 0.3) is 0 Å². The molecule has 0 unspecified atom stereocenters. The maximum absolute atomic E-state index is 6.92. The van der Waals surface area contributed by atoms with Crippen LogP contribution in [0.1, 0.15) is 44.5 Å². The molecule has 14 heteroatoms. The lowest BCUT2D eigenvalue weighted by Gasteiger charge is -2.35. The second-order valence-corrected chi connectivity index (χ2v) is 19.2. The molecule has 6 heterocycles. The summed E-state index contributed by atoms with van der Waals surface area (Å²) in [5.74, 6) is 3.80. The molecule has 10 rings (SSSR count). The third-order valence-electron chi connectivity index (χ3n) is 11.3. The van der Waals surface area contributed by atoms with Gasteiger partial charge in [0, 0.05) is 109 Å². The molecule has 0 saturated heterocycles. The SMILES string of the molecule is c1c2c3c4c5c1Sc1cc6c7c(c1C5)OCCOCCOCCOCCOc1c(c(cc5c1Cc1c(cc(c(c1OCCOCCOCCOCCO4)C7)S6)S5)S2)C3. The highest BCUT2D eigenvalue weighted by molar-refractivity contribution is 8.01. The summed E-state index contributed by atoms with van der Waals surface area (Å²) in [6, 6.07) is 9.60. The molecule has 0 saturated carbocycles. The van der Waals surface area contributed by atoms with E-state index in [1.807, 2.05) is 47.0 Å². The Morgan fingerprint density at radius 1 is 0.241 bits per heavy atom. The van der Waals surface area contributed by atoms with Crippen LogP contribution in [0.4, 0.5) is 0 Å².